The smallest absolute Gasteiger partial charge is 0.341 e. The van der Waals surface area contributed by atoms with Crippen LogP contribution in [0.25, 0.3) is 11.1 Å². The number of ether oxygens (including phenoxy) is 2. The Labute approximate surface area is 195 Å². The third-order valence-corrected chi connectivity index (χ3v) is 6.17. The lowest BCUT2D eigenvalue weighted by Crippen LogP contribution is -2.21. The van der Waals surface area contributed by atoms with Crippen LogP contribution in [0.15, 0.2) is 56.8 Å². The van der Waals surface area contributed by atoms with E-state index < -0.39 is 5.97 Å². The molecule has 1 heterocycles. The summed E-state index contributed by atoms with van der Waals surface area (Å²) in [5.74, 6) is -0.269. The Bertz CT molecular complexity index is 1060. The summed E-state index contributed by atoms with van der Waals surface area (Å²) in [5, 5.41) is 5.05. The quantitative estimate of drug-likeness (QED) is 0.342. The van der Waals surface area contributed by atoms with Crippen molar-refractivity contribution in [3.63, 3.8) is 0 Å². The number of thiophene rings is 1. The summed E-state index contributed by atoms with van der Waals surface area (Å²) in [4.78, 5) is 25.1. The monoisotopic (exact) mass is 551 g/mol. The molecule has 5 nitrogen and oxygen atoms in total. The fourth-order valence-electron chi connectivity index (χ4n) is 2.73. The van der Waals surface area contributed by atoms with Crippen LogP contribution >= 0.6 is 43.2 Å². The van der Waals surface area contributed by atoms with E-state index in [1.54, 1.807) is 13.0 Å². The van der Waals surface area contributed by atoms with Crippen molar-refractivity contribution in [1.82, 2.24) is 0 Å². The number of rotatable bonds is 7. The summed E-state index contributed by atoms with van der Waals surface area (Å²) < 4.78 is 12.5. The lowest BCUT2D eigenvalue weighted by atomic mass is 10.0. The number of halogens is 2. The maximum absolute atomic E-state index is 12.6. The second kappa shape index (κ2) is 10.2. The average Bonchev–Trinajstić information content (AvgIpc) is 3.11. The molecule has 3 rings (SSSR count). The van der Waals surface area contributed by atoms with Gasteiger partial charge in [0.15, 0.2) is 6.61 Å². The topological polar surface area (TPSA) is 64.6 Å². The highest BCUT2D eigenvalue weighted by molar-refractivity contribution is 9.10. The lowest BCUT2D eigenvalue weighted by Gasteiger charge is -2.11. The number of benzene rings is 2. The second-order valence-electron chi connectivity index (χ2n) is 6.35. The minimum Gasteiger partial charge on any atom is -0.483 e. The third kappa shape index (κ3) is 5.50. The van der Waals surface area contributed by atoms with E-state index in [-0.39, 0.29) is 19.1 Å². The zero-order chi connectivity index (χ0) is 21.7. The van der Waals surface area contributed by atoms with E-state index in [1.807, 2.05) is 48.7 Å². The van der Waals surface area contributed by atoms with Gasteiger partial charge in [0.25, 0.3) is 5.91 Å². The molecule has 0 fully saturated rings. The predicted molar refractivity (Wildman–Crippen MR) is 126 cm³/mol. The van der Waals surface area contributed by atoms with Crippen LogP contribution in [0.1, 0.15) is 22.8 Å². The molecular weight excluding hydrogens is 534 g/mol. The van der Waals surface area contributed by atoms with Crippen molar-refractivity contribution in [1.29, 1.82) is 0 Å². The van der Waals surface area contributed by atoms with Gasteiger partial charge in [0.05, 0.1) is 11.1 Å². The summed E-state index contributed by atoms with van der Waals surface area (Å²) in [6.45, 7) is 3.77. The van der Waals surface area contributed by atoms with Gasteiger partial charge in [0.2, 0.25) is 0 Å². The standard InChI is InChI=1S/C22H19Br2NO4S/c1-3-28-22(27)20-16(14-5-7-15(23)8-6-14)12-30-21(20)25-19(26)11-29-18-9-4-13(2)10-17(18)24/h4-10,12H,3,11H2,1-2H3,(H,25,26). The lowest BCUT2D eigenvalue weighted by molar-refractivity contribution is -0.118. The molecule has 0 radical (unpaired) electrons. The molecule has 0 unspecified atom stereocenters. The van der Waals surface area contributed by atoms with Crippen LogP contribution in [0.5, 0.6) is 5.75 Å². The Balaban J connectivity index is 1.79. The number of esters is 1. The van der Waals surface area contributed by atoms with Crippen LogP contribution in [0.4, 0.5) is 5.00 Å². The molecule has 0 spiro atoms. The molecular formula is C22H19Br2NO4S. The maximum Gasteiger partial charge on any atom is 0.341 e. The normalized spacial score (nSPS) is 10.5. The van der Waals surface area contributed by atoms with E-state index >= 15 is 0 Å². The largest absolute Gasteiger partial charge is 0.483 e. The summed E-state index contributed by atoms with van der Waals surface area (Å²) in [6.07, 6.45) is 0. The van der Waals surface area contributed by atoms with Crippen molar-refractivity contribution >= 4 is 60.1 Å². The van der Waals surface area contributed by atoms with Crippen molar-refractivity contribution < 1.29 is 19.1 Å². The van der Waals surface area contributed by atoms with E-state index in [1.165, 1.54) is 11.3 Å². The molecule has 3 aromatic rings. The molecule has 0 bridgehead atoms. The van der Waals surface area contributed by atoms with Crippen molar-refractivity contribution in [2.45, 2.75) is 13.8 Å². The number of hydrogen-bond donors (Lipinski definition) is 1. The van der Waals surface area contributed by atoms with Crippen LogP contribution in [-0.2, 0) is 9.53 Å². The Morgan fingerprint density at radius 3 is 2.50 bits per heavy atom. The molecule has 0 atom stereocenters. The van der Waals surface area contributed by atoms with E-state index in [2.05, 4.69) is 37.2 Å². The summed E-state index contributed by atoms with van der Waals surface area (Å²) >= 11 is 8.11. The van der Waals surface area contributed by atoms with Gasteiger partial charge in [0.1, 0.15) is 16.3 Å². The Hall–Kier alpha value is -2.16. The molecule has 1 aromatic heterocycles. The highest BCUT2D eigenvalue weighted by Crippen LogP contribution is 2.36. The zero-order valence-corrected chi connectivity index (χ0v) is 20.3. The van der Waals surface area contributed by atoms with Gasteiger partial charge in [0, 0.05) is 15.4 Å². The van der Waals surface area contributed by atoms with Crippen LogP contribution in [0.3, 0.4) is 0 Å². The van der Waals surface area contributed by atoms with E-state index in [0.717, 1.165) is 20.1 Å². The van der Waals surface area contributed by atoms with Crippen molar-refractivity contribution in [3.05, 3.63) is 67.9 Å². The molecule has 156 valence electrons. The maximum atomic E-state index is 12.6. The van der Waals surface area contributed by atoms with Gasteiger partial charge >= 0.3 is 5.97 Å². The average molecular weight is 553 g/mol. The SMILES string of the molecule is CCOC(=O)c1c(-c2ccc(Br)cc2)csc1NC(=O)COc1ccc(C)cc1Br. The highest BCUT2D eigenvalue weighted by atomic mass is 79.9. The molecule has 1 N–H and O–H groups in total. The number of amides is 1. The number of carbonyl (C=O) groups excluding carboxylic acids is 2. The first-order valence-corrected chi connectivity index (χ1v) is 11.6. The number of hydrogen-bond acceptors (Lipinski definition) is 5. The Morgan fingerprint density at radius 1 is 1.10 bits per heavy atom. The second-order valence-corrected chi connectivity index (χ2v) is 9.00. The van der Waals surface area contributed by atoms with Gasteiger partial charge in [-0.3, -0.25) is 4.79 Å². The summed E-state index contributed by atoms with van der Waals surface area (Å²) in [7, 11) is 0. The predicted octanol–water partition coefficient (Wildman–Crippen LogP) is 6.44. The number of carbonyl (C=O) groups is 2. The van der Waals surface area contributed by atoms with Crippen LogP contribution in [0, 0.1) is 6.92 Å². The van der Waals surface area contributed by atoms with Gasteiger partial charge in [-0.15, -0.1) is 11.3 Å². The first kappa shape index (κ1) is 22.5. The molecule has 0 aliphatic heterocycles. The molecule has 2 aromatic carbocycles. The highest BCUT2D eigenvalue weighted by Gasteiger charge is 2.23. The minimum absolute atomic E-state index is 0.185. The first-order chi connectivity index (χ1) is 14.4. The summed E-state index contributed by atoms with van der Waals surface area (Å²) in [6, 6.07) is 13.2. The van der Waals surface area contributed by atoms with Gasteiger partial charge < -0.3 is 14.8 Å². The van der Waals surface area contributed by atoms with Crippen molar-refractivity contribution in [2.75, 3.05) is 18.5 Å². The Kier molecular flexibility index (Phi) is 7.69. The molecule has 30 heavy (non-hydrogen) atoms. The van der Waals surface area contributed by atoms with E-state index in [0.29, 0.717) is 21.9 Å². The molecule has 1 amide bonds. The molecule has 0 saturated carbocycles. The van der Waals surface area contributed by atoms with Gasteiger partial charge in [-0.2, -0.15) is 0 Å². The summed E-state index contributed by atoms with van der Waals surface area (Å²) in [5.41, 5.74) is 2.99. The number of nitrogens with one attached hydrogen (secondary N) is 1. The first-order valence-electron chi connectivity index (χ1n) is 9.12. The van der Waals surface area contributed by atoms with Crippen molar-refractivity contribution in [2.24, 2.45) is 0 Å². The van der Waals surface area contributed by atoms with E-state index in [4.69, 9.17) is 9.47 Å². The fourth-order valence-corrected chi connectivity index (χ4v) is 4.57. The molecule has 0 aliphatic carbocycles. The van der Waals surface area contributed by atoms with Crippen LogP contribution in [-0.4, -0.2) is 25.1 Å². The zero-order valence-electron chi connectivity index (χ0n) is 16.3. The minimum atomic E-state index is -0.478. The number of aryl methyl sites for hydroxylation is 1. The third-order valence-electron chi connectivity index (χ3n) is 4.12. The van der Waals surface area contributed by atoms with Crippen LogP contribution < -0.4 is 10.1 Å². The molecule has 8 heteroatoms. The van der Waals surface area contributed by atoms with Crippen LogP contribution in [0.2, 0.25) is 0 Å². The van der Waals surface area contributed by atoms with Crippen molar-refractivity contribution in [3.8, 4) is 16.9 Å². The van der Waals surface area contributed by atoms with Gasteiger partial charge in [-0.25, -0.2) is 4.79 Å². The van der Waals surface area contributed by atoms with E-state index in [9.17, 15) is 9.59 Å². The Morgan fingerprint density at radius 2 is 1.83 bits per heavy atom. The van der Waals surface area contributed by atoms with Gasteiger partial charge in [-0.1, -0.05) is 34.1 Å². The number of anilines is 1. The molecule has 0 aliphatic rings. The fraction of sp³-hybridized carbons (Fsp3) is 0.182. The van der Waals surface area contributed by atoms with Gasteiger partial charge in [-0.05, 0) is 65.2 Å². The molecule has 0 saturated heterocycles.